The van der Waals surface area contributed by atoms with Crippen LogP contribution in [0, 0.1) is 0 Å². The van der Waals surface area contributed by atoms with Crippen molar-refractivity contribution >= 4 is 30.0 Å². The maximum absolute atomic E-state index is 10.7. The average Bonchev–Trinajstić information content (AvgIpc) is 2.69. The zero-order chi connectivity index (χ0) is 12.3. The number of aryl methyl sites for hydroxylation is 1. The molecular formula is C12H10ClN3O. The molecule has 0 aliphatic rings. The smallest absolute Gasteiger partial charge is 0.172 e. The molecule has 0 spiro atoms. The Labute approximate surface area is 104 Å². The van der Waals surface area contributed by atoms with Crippen LogP contribution in [0.2, 0.25) is 5.02 Å². The molecule has 5 heteroatoms. The van der Waals surface area contributed by atoms with E-state index < -0.39 is 0 Å². The van der Waals surface area contributed by atoms with Gasteiger partial charge in [0.15, 0.2) is 12.0 Å². The van der Waals surface area contributed by atoms with Crippen molar-refractivity contribution in [1.82, 2.24) is 15.0 Å². The van der Waals surface area contributed by atoms with Crippen molar-refractivity contribution in [2.45, 2.75) is 0 Å². The van der Waals surface area contributed by atoms with E-state index in [9.17, 15) is 4.79 Å². The van der Waals surface area contributed by atoms with E-state index in [-0.39, 0.29) is 0 Å². The fourth-order valence-electron chi connectivity index (χ4n) is 1.41. The summed E-state index contributed by atoms with van der Waals surface area (Å²) in [6.07, 6.45) is 4.36. The number of carbonyl (C=O) groups is 1. The molecule has 1 heterocycles. The van der Waals surface area contributed by atoms with E-state index in [2.05, 4.69) is 10.3 Å². The molecule has 0 aliphatic carbocycles. The van der Waals surface area contributed by atoms with Crippen LogP contribution in [-0.4, -0.2) is 21.3 Å². The van der Waals surface area contributed by atoms with Gasteiger partial charge in [-0.05, 0) is 23.8 Å². The van der Waals surface area contributed by atoms with Crippen LogP contribution in [0.15, 0.2) is 24.3 Å². The predicted molar refractivity (Wildman–Crippen MR) is 66.8 cm³/mol. The lowest BCUT2D eigenvalue weighted by Gasteiger charge is -1.95. The van der Waals surface area contributed by atoms with Gasteiger partial charge in [-0.15, -0.1) is 5.10 Å². The highest BCUT2D eigenvalue weighted by Crippen LogP contribution is 2.13. The number of benzene rings is 1. The summed E-state index contributed by atoms with van der Waals surface area (Å²) in [6.45, 7) is 0. The fourth-order valence-corrected chi connectivity index (χ4v) is 1.53. The second kappa shape index (κ2) is 4.93. The standard InChI is InChI=1S/C12H10ClN3O/c1-16-12(11(8-17)14-15-16)7-4-9-2-5-10(13)6-3-9/h2-8H,1H3/b7-4+. The van der Waals surface area contributed by atoms with Crippen molar-refractivity contribution in [3.8, 4) is 0 Å². The maximum atomic E-state index is 10.7. The van der Waals surface area contributed by atoms with Gasteiger partial charge in [0.05, 0.1) is 5.69 Å². The Morgan fingerprint density at radius 1 is 1.24 bits per heavy atom. The van der Waals surface area contributed by atoms with Crippen LogP contribution in [0.5, 0.6) is 0 Å². The normalized spacial score (nSPS) is 10.9. The lowest BCUT2D eigenvalue weighted by molar-refractivity contribution is 0.111. The maximum Gasteiger partial charge on any atom is 0.172 e. The van der Waals surface area contributed by atoms with E-state index in [4.69, 9.17) is 11.6 Å². The van der Waals surface area contributed by atoms with Crippen molar-refractivity contribution in [3.05, 3.63) is 46.2 Å². The largest absolute Gasteiger partial charge is 0.296 e. The number of nitrogens with zero attached hydrogens (tertiary/aromatic N) is 3. The Hall–Kier alpha value is -1.94. The number of rotatable bonds is 3. The van der Waals surface area contributed by atoms with Gasteiger partial charge >= 0.3 is 0 Å². The summed E-state index contributed by atoms with van der Waals surface area (Å²) < 4.78 is 1.55. The topological polar surface area (TPSA) is 47.8 Å². The van der Waals surface area contributed by atoms with Crippen LogP contribution in [0.4, 0.5) is 0 Å². The van der Waals surface area contributed by atoms with Crippen LogP contribution < -0.4 is 0 Å². The van der Waals surface area contributed by atoms with E-state index in [1.165, 1.54) is 0 Å². The molecule has 4 nitrogen and oxygen atoms in total. The average molecular weight is 248 g/mol. The first-order valence-electron chi connectivity index (χ1n) is 4.99. The van der Waals surface area contributed by atoms with Crippen LogP contribution in [0.1, 0.15) is 21.7 Å². The summed E-state index contributed by atoms with van der Waals surface area (Å²) >= 11 is 5.79. The summed E-state index contributed by atoms with van der Waals surface area (Å²) in [5.74, 6) is 0. The van der Waals surface area contributed by atoms with Gasteiger partial charge in [0.1, 0.15) is 0 Å². The quantitative estimate of drug-likeness (QED) is 0.783. The molecule has 0 fully saturated rings. The van der Waals surface area contributed by atoms with Gasteiger partial charge in [-0.2, -0.15) is 0 Å². The third-order valence-electron chi connectivity index (χ3n) is 2.31. The van der Waals surface area contributed by atoms with E-state index >= 15 is 0 Å². The predicted octanol–water partition coefficient (Wildman–Crippen LogP) is 2.45. The first kappa shape index (κ1) is 11.5. The lowest BCUT2D eigenvalue weighted by Crippen LogP contribution is -1.94. The third kappa shape index (κ3) is 2.60. The molecule has 0 atom stereocenters. The van der Waals surface area contributed by atoms with Crippen LogP contribution >= 0.6 is 11.6 Å². The van der Waals surface area contributed by atoms with Crippen LogP contribution in [0.3, 0.4) is 0 Å². The van der Waals surface area contributed by atoms with E-state index in [0.717, 1.165) is 5.56 Å². The zero-order valence-electron chi connectivity index (χ0n) is 9.17. The van der Waals surface area contributed by atoms with Gasteiger partial charge in [0.25, 0.3) is 0 Å². The SMILES string of the molecule is Cn1nnc(C=O)c1/C=C/c1ccc(Cl)cc1. The molecule has 0 bridgehead atoms. The van der Waals surface area contributed by atoms with Gasteiger partial charge in [0, 0.05) is 12.1 Å². The first-order valence-corrected chi connectivity index (χ1v) is 5.37. The molecule has 17 heavy (non-hydrogen) atoms. The summed E-state index contributed by atoms with van der Waals surface area (Å²) in [6, 6.07) is 7.40. The molecule has 86 valence electrons. The molecule has 0 saturated heterocycles. The Morgan fingerprint density at radius 3 is 2.59 bits per heavy atom. The number of hydrogen-bond acceptors (Lipinski definition) is 3. The van der Waals surface area contributed by atoms with Crippen molar-refractivity contribution in [3.63, 3.8) is 0 Å². The second-order valence-corrected chi connectivity index (χ2v) is 3.92. The molecule has 0 saturated carbocycles. The second-order valence-electron chi connectivity index (χ2n) is 3.49. The molecule has 1 aromatic heterocycles. The summed E-state index contributed by atoms with van der Waals surface area (Å²) in [5, 5.41) is 8.20. The molecule has 2 rings (SSSR count). The molecule has 0 aliphatic heterocycles. The van der Waals surface area contributed by atoms with Crippen molar-refractivity contribution in [2.75, 3.05) is 0 Å². The van der Waals surface area contributed by atoms with Gasteiger partial charge < -0.3 is 0 Å². The number of aldehydes is 1. The molecule has 0 N–H and O–H groups in total. The number of carbonyl (C=O) groups excluding carboxylic acids is 1. The van der Waals surface area contributed by atoms with Crippen LogP contribution in [-0.2, 0) is 7.05 Å². The monoisotopic (exact) mass is 247 g/mol. The van der Waals surface area contributed by atoms with Gasteiger partial charge in [-0.25, -0.2) is 4.68 Å². The highest BCUT2D eigenvalue weighted by atomic mass is 35.5. The minimum absolute atomic E-state index is 0.331. The van der Waals surface area contributed by atoms with E-state index in [1.807, 2.05) is 30.3 Å². The van der Waals surface area contributed by atoms with Gasteiger partial charge in [-0.1, -0.05) is 35.0 Å². The first-order chi connectivity index (χ1) is 8.20. The zero-order valence-corrected chi connectivity index (χ0v) is 9.93. The Morgan fingerprint density at radius 2 is 1.94 bits per heavy atom. The molecular weight excluding hydrogens is 238 g/mol. The minimum Gasteiger partial charge on any atom is -0.296 e. The number of halogens is 1. The van der Waals surface area contributed by atoms with E-state index in [0.29, 0.717) is 22.7 Å². The summed E-state index contributed by atoms with van der Waals surface area (Å²) in [5.41, 5.74) is 2.00. The van der Waals surface area contributed by atoms with Crippen LogP contribution in [0.25, 0.3) is 12.2 Å². The van der Waals surface area contributed by atoms with Crippen molar-refractivity contribution in [1.29, 1.82) is 0 Å². The fraction of sp³-hybridized carbons (Fsp3) is 0.0833. The number of aromatic nitrogens is 3. The van der Waals surface area contributed by atoms with Crippen molar-refractivity contribution < 1.29 is 4.79 Å². The molecule has 0 radical (unpaired) electrons. The Kier molecular flexibility index (Phi) is 3.35. The molecule has 0 amide bonds. The highest BCUT2D eigenvalue weighted by Gasteiger charge is 2.05. The summed E-state index contributed by atoms with van der Waals surface area (Å²) in [7, 11) is 1.74. The van der Waals surface area contributed by atoms with Gasteiger partial charge in [-0.3, -0.25) is 4.79 Å². The molecule has 1 aromatic carbocycles. The lowest BCUT2D eigenvalue weighted by atomic mass is 10.2. The highest BCUT2D eigenvalue weighted by molar-refractivity contribution is 6.30. The molecule has 2 aromatic rings. The number of hydrogen-bond donors (Lipinski definition) is 0. The third-order valence-corrected chi connectivity index (χ3v) is 2.56. The Bertz CT molecular complexity index is 558. The summed E-state index contributed by atoms with van der Waals surface area (Å²) in [4.78, 5) is 10.7. The minimum atomic E-state index is 0.331. The van der Waals surface area contributed by atoms with Gasteiger partial charge in [0.2, 0.25) is 0 Å². The Balaban J connectivity index is 2.28. The van der Waals surface area contributed by atoms with E-state index in [1.54, 1.807) is 17.8 Å². The molecule has 0 unspecified atom stereocenters. The van der Waals surface area contributed by atoms with Crippen molar-refractivity contribution in [2.24, 2.45) is 7.05 Å².